The van der Waals surface area contributed by atoms with Gasteiger partial charge in [-0.25, -0.2) is 4.79 Å². The van der Waals surface area contributed by atoms with E-state index in [0.717, 1.165) is 18.8 Å². The molecule has 0 saturated carbocycles. The van der Waals surface area contributed by atoms with Crippen molar-refractivity contribution >= 4 is 5.97 Å². The summed E-state index contributed by atoms with van der Waals surface area (Å²) in [5.74, 6) is 0.602. The van der Waals surface area contributed by atoms with E-state index in [1.165, 1.54) is 70.6 Å². The van der Waals surface area contributed by atoms with Gasteiger partial charge < -0.3 is 4.74 Å². The lowest BCUT2D eigenvalue weighted by Gasteiger charge is -2.05. The molecule has 0 aliphatic rings. The van der Waals surface area contributed by atoms with Gasteiger partial charge in [0.25, 0.3) is 0 Å². The van der Waals surface area contributed by atoms with Crippen molar-refractivity contribution in [1.82, 2.24) is 4.98 Å². The second-order valence-corrected chi connectivity index (χ2v) is 7.80. The summed E-state index contributed by atoms with van der Waals surface area (Å²) in [4.78, 5) is 15.7. The normalized spacial score (nSPS) is 11.0. The third kappa shape index (κ3) is 12.9. The van der Waals surface area contributed by atoms with Gasteiger partial charge in [0.2, 0.25) is 0 Å². The minimum atomic E-state index is -0.262. The number of rotatable bonds is 16. The Morgan fingerprint density at radius 2 is 1.42 bits per heavy atom. The first kappa shape index (κ1) is 22.7. The lowest BCUT2D eigenvalue weighted by Crippen LogP contribution is -2.06. The third-order valence-corrected chi connectivity index (χ3v) is 4.81. The maximum Gasteiger partial charge on any atom is 0.339 e. The van der Waals surface area contributed by atoms with Gasteiger partial charge in [0.1, 0.15) is 0 Å². The zero-order valence-corrected chi connectivity index (χ0v) is 17.0. The first-order valence-corrected chi connectivity index (χ1v) is 10.8. The fraction of sp³-hybridized carbons (Fsp3) is 0.739. The molecule has 0 amide bonds. The summed E-state index contributed by atoms with van der Waals surface area (Å²) in [7, 11) is 0. The van der Waals surface area contributed by atoms with Gasteiger partial charge in [-0.05, 0) is 24.5 Å². The van der Waals surface area contributed by atoms with E-state index in [4.69, 9.17) is 4.74 Å². The van der Waals surface area contributed by atoms with Crippen molar-refractivity contribution in [3.63, 3.8) is 0 Å². The largest absolute Gasteiger partial charge is 0.462 e. The number of aromatic nitrogens is 1. The van der Waals surface area contributed by atoms with E-state index in [2.05, 4.69) is 18.8 Å². The molecular weight excluding hydrogens is 322 g/mol. The summed E-state index contributed by atoms with van der Waals surface area (Å²) in [6.45, 7) is 5.15. The predicted octanol–water partition coefficient (Wildman–Crippen LogP) is 6.97. The van der Waals surface area contributed by atoms with Crippen molar-refractivity contribution in [2.24, 2.45) is 5.92 Å². The summed E-state index contributed by atoms with van der Waals surface area (Å²) in [5.41, 5.74) is 0.535. The number of hydrogen-bond donors (Lipinski definition) is 0. The van der Waals surface area contributed by atoms with Crippen LogP contribution in [0, 0.1) is 5.92 Å². The molecular formula is C23H39NO2. The Labute approximate surface area is 160 Å². The monoisotopic (exact) mass is 361 g/mol. The summed E-state index contributed by atoms with van der Waals surface area (Å²) in [6, 6.07) is 3.49. The Hall–Kier alpha value is -1.38. The summed E-state index contributed by atoms with van der Waals surface area (Å²) >= 11 is 0. The van der Waals surface area contributed by atoms with Crippen LogP contribution in [0.3, 0.4) is 0 Å². The van der Waals surface area contributed by atoms with Crippen LogP contribution in [0.25, 0.3) is 0 Å². The highest BCUT2D eigenvalue weighted by atomic mass is 16.5. The molecule has 0 aliphatic carbocycles. The van der Waals surface area contributed by atoms with Crippen molar-refractivity contribution in [2.45, 2.75) is 97.3 Å². The number of ether oxygens (including phenoxy) is 1. The highest BCUT2D eigenvalue weighted by molar-refractivity contribution is 5.88. The number of carbonyl (C=O) groups is 1. The van der Waals surface area contributed by atoms with Crippen LogP contribution in [0.4, 0.5) is 0 Å². The van der Waals surface area contributed by atoms with Crippen molar-refractivity contribution in [2.75, 3.05) is 6.61 Å². The van der Waals surface area contributed by atoms with E-state index in [1.807, 2.05) is 0 Å². The van der Waals surface area contributed by atoms with E-state index >= 15 is 0 Å². The van der Waals surface area contributed by atoms with Gasteiger partial charge in [-0.15, -0.1) is 0 Å². The molecule has 1 heterocycles. The molecule has 0 aromatic carbocycles. The van der Waals surface area contributed by atoms with Crippen molar-refractivity contribution in [3.8, 4) is 0 Å². The summed E-state index contributed by atoms with van der Waals surface area (Å²) in [6.07, 6.45) is 20.5. The predicted molar refractivity (Wildman–Crippen MR) is 109 cm³/mol. The molecule has 3 nitrogen and oxygen atoms in total. The van der Waals surface area contributed by atoms with Gasteiger partial charge >= 0.3 is 5.97 Å². The molecule has 0 N–H and O–H groups in total. The zero-order chi connectivity index (χ0) is 18.9. The SMILES string of the molecule is CC(C)CCCCCCCCCCCCCCOC(=O)c1cccnc1. The van der Waals surface area contributed by atoms with Crippen LogP contribution in [0.15, 0.2) is 24.5 Å². The smallest absolute Gasteiger partial charge is 0.339 e. The molecule has 0 bridgehead atoms. The van der Waals surface area contributed by atoms with Crippen LogP contribution >= 0.6 is 0 Å². The number of nitrogens with zero attached hydrogens (tertiary/aromatic N) is 1. The van der Waals surface area contributed by atoms with Crippen LogP contribution in [-0.2, 0) is 4.74 Å². The molecule has 1 aromatic heterocycles. The Bertz CT molecular complexity index is 445. The molecule has 148 valence electrons. The average Bonchev–Trinajstić information content (AvgIpc) is 2.65. The molecule has 0 saturated heterocycles. The van der Waals surface area contributed by atoms with E-state index in [0.29, 0.717) is 12.2 Å². The molecule has 0 aliphatic heterocycles. The fourth-order valence-electron chi connectivity index (χ4n) is 3.15. The number of esters is 1. The van der Waals surface area contributed by atoms with E-state index in [9.17, 15) is 4.79 Å². The summed E-state index contributed by atoms with van der Waals surface area (Å²) < 4.78 is 5.26. The molecule has 3 heteroatoms. The molecule has 0 unspecified atom stereocenters. The van der Waals surface area contributed by atoms with Gasteiger partial charge in [0.05, 0.1) is 12.2 Å². The maximum absolute atomic E-state index is 11.7. The number of pyridine rings is 1. The molecule has 1 aromatic rings. The summed E-state index contributed by atoms with van der Waals surface area (Å²) in [5, 5.41) is 0. The second-order valence-electron chi connectivity index (χ2n) is 7.80. The van der Waals surface area contributed by atoms with Gasteiger partial charge in [-0.2, -0.15) is 0 Å². The molecule has 1 rings (SSSR count). The number of carbonyl (C=O) groups excluding carboxylic acids is 1. The van der Waals surface area contributed by atoms with Gasteiger partial charge in [-0.1, -0.05) is 90.9 Å². The van der Waals surface area contributed by atoms with E-state index in [1.54, 1.807) is 24.5 Å². The minimum Gasteiger partial charge on any atom is -0.462 e. The van der Waals surface area contributed by atoms with E-state index in [-0.39, 0.29) is 5.97 Å². The fourth-order valence-corrected chi connectivity index (χ4v) is 3.15. The minimum absolute atomic E-state index is 0.262. The molecule has 0 radical (unpaired) electrons. The molecule has 0 atom stereocenters. The topological polar surface area (TPSA) is 39.2 Å². The number of hydrogen-bond acceptors (Lipinski definition) is 3. The van der Waals surface area contributed by atoms with Crippen molar-refractivity contribution in [3.05, 3.63) is 30.1 Å². The first-order valence-electron chi connectivity index (χ1n) is 10.8. The molecule has 26 heavy (non-hydrogen) atoms. The highest BCUT2D eigenvalue weighted by Gasteiger charge is 2.05. The lowest BCUT2D eigenvalue weighted by molar-refractivity contribution is 0.0497. The quantitative estimate of drug-likeness (QED) is 0.236. The lowest BCUT2D eigenvalue weighted by atomic mass is 10.0. The maximum atomic E-state index is 11.7. The highest BCUT2D eigenvalue weighted by Crippen LogP contribution is 2.14. The first-order chi connectivity index (χ1) is 12.7. The van der Waals surface area contributed by atoms with Crippen LogP contribution < -0.4 is 0 Å². The van der Waals surface area contributed by atoms with Gasteiger partial charge in [0.15, 0.2) is 0 Å². The Morgan fingerprint density at radius 1 is 0.885 bits per heavy atom. The Balaban J connectivity index is 1.78. The van der Waals surface area contributed by atoms with Crippen LogP contribution in [0.5, 0.6) is 0 Å². The standard InChI is InChI=1S/C23H39NO2/c1-21(2)16-13-11-9-7-5-3-4-6-8-10-12-14-19-26-23(25)22-17-15-18-24-20-22/h15,17-18,20-21H,3-14,16,19H2,1-2H3. The molecule has 0 fully saturated rings. The van der Waals surface area contributed by atoms with Crippen LogP contribution in [-0.4, -0.2) is 17.6 Å². The zero-order valence-electron chi connectivity index (χ0n) is 17.0. The number of unbranched alkanes of at least 4 members (excludes halogenated alkanes) is 11. The van der Waals surface area contributed by atoms with Crippen molar-refractivity contribution in [1.29, 1.82) is 0 Å². The Kier molecular flexibility index (Phi) is 13.8. The van der Waals surface area contributed by atoms with Gasteiger partial charge in [-0.3, -0.25) is 4.98 Å². The Morgan fingerprint density at radius 3 is 1.92 bits per heavy atom. The second kappa shape index (κ2) is 15.8. The van der Waals surface area contributed by atoms with E-state index < -0.39 is 0 Å². The van der Waals surface area contributed by atoms with Crippen LogP contribution in [0.1, 0.15) is 108 Å². The average molecular weight is 362 g/mol. The van der Waals surface area contributed by atoms with Gasteiger partial charge in [0, 0.05) is 12.4 Å². The van der Waals surface area contributed by atoms with Crippen molar-refractivity contribution < 1.29 is 9.53 Å². The molecule has 0 spiro atoms. The third-order valence-electron chi connectivity index (χ3n) is 4.81. The van der Waals surface area contributed by atoms with Crippen LogP contribution in [0.2, 0.25) is 0 Å².